The molecular weight excluding hydrogens is 378 g/mol. The fourth-order valence-corrected chi connectivity index (χ4v) is 6.65. The molecule has 2 aromatic carbocycles. The van der Waals surface area contributed by atoms with Crippen LogP contribution in [0.2, 0.25) is 5.02 Å². The van der Waals surface area contributed by atoms with E-state index in [-0.39, 0.29) is 5.92 Å². The van der Waals surface area contributed by atoms with E-state index in [2.05, 4.69) is 47.4 Å². The maximum atomic E-state index is 13.1. The number of hydrogen-bond acceptors (Lipinski definition) is 2. The molecule has 1 saturated heterocycles. The normalized spacial score (nSPS) is 32.0. The lowest BCUT2D eigenvalue weighted by molar-refractivity contribution is -0.139. The van der Waals surface area contributed by atoms with Crippen molar-refractivity contribution >= 4 is 17.4 Å². The first-order valence-corrected chi connectivity index (χ1v) is 11.6. The third kappa shape index (κ3) is 3.90. The third-order valence-electron chi connectivity index (χ3n) is 7.77. The number of piperidine rings is 1. The topological polar surface area (TPSA) is 20.3 Å². The largest absolute Gasteiger partial charge is 0.299 e. The van der Waals surface area contributed by atoms with E-state index >= 15 is 0 Å². The number of hydrogen-bond donors (Lipinski definition) is 0. The number of benzene rings is 2. The Bertz CT molecular complexity index is 849. The fourth-order valence-electron chi connectivity index (χ4n) is 6.52. The second-order valence-electron chi connectivity index (χ2n) is 9.35. The summed E-state index contributed by atoms with van der Waals surface area (Å²) >= 11 is 6.08. The van der Waals surface area contributed by atoms with Gasteiger partial charge in [-0.3, -0.25) is 9.69 Å². The SMILES string of the molecule is O=C1C[C@H]2CCN(Cc3ccc(Cl)cc3)[C@H]3CCC[C@H]([C@H]23)[C@@H]1Cc1ccccc1. The lowest BCUT2D eigenvalue weighted by Crippen LogP contribution is -2.57. The molecule has 2 saturated carbocycles. The van der Waals surface area contributed by atoms with E-state index in [1.54, 1.807) is 0 Å². The van der Waals surface area contributed by atoms with Gasteiger partial charge >= 0.3 is 0 Å². The summed E-state index contributed by atoms with van der Waals surface area (Å²) in [6, 6.07) is 19.6. The summed E-state index contributed by atoms with van der Waals surface area (Å²) in [7, 11) is 0. The summed E-state index contributed by atoms with van der Waals surface area (Å²) in [5.41, 5.74) is 2.67. The number of carbonyl (C=O) groups excluding carboxylic acids is 1. The molecule has 0 N–H and O–H groups in total. The van der Waals surface area contributed by atoms with E-state index < -0.39 is 0 Å². The van der Waals surface area contributed by atoms with E-state index in [0.29, 0.717) is 29.6 Å². The molecule has 29 heavy (non-hydrogen) atoms. The van der Waals surface area contributed by atoms with E-state index in [1.807, 2.05) is 12.1 Å². The number of nitrogens with zero attached hydrogens (tertiary/aromatic N) is 1. The second kappa shape index (κ2) is 8.24. The van der Waals surface area contributed by atoms with Crippen LogP contribution in [0.4, 0.5) is 0 Å². The van der Waals surface area contributed by atoms with Crippen LogP contribution in [0.25, 0.3) is 0 Å². The van der Waals surface area contributed by atoms with Gasteiger partial charge < -0.3 is 0 Å². The number of likely N-dealkylation sites (tertiary alicyclic amines) is 1. The molecule has 2 aliphatic carbocycles. The molecule has 3 heteroatoms. The Morgan fingerprint density at radius 3 is 2.52 bits per heavy atom. The molecule has 0 amide bonds. The van der Waals surface area contributed by atoms with Crippen LogP contribution in [0.3, 0.4) is 0 Å². The molecule has 0 unspecified atom stereocenters. The molecule has 0 radical (unpaired) electrons. The quantitative estimate of drug-likeness (QED) is 0.640. The molecule has 152 valence electrons. The van der Waals surface area contributed by atoms with Gasteiger partial charge in [-0.15, -0.1) is 0 Å². The summed E-state index contributed by atoms with van der Waals surface area (Å²) < 4.78 is 0. The van der Waals surface area contributed by atoms with Gasteiger partial charge in [-0.05, 0) is 73.2 Å². The molecule has 2 nitrogen and oxygen atoms in total. The Kier molecular flexibility index (Phi) is 5.49. The Balaban J connectivity index is 1.37. The molecule has 5 atom stereocenters. The van der Waals surface area contributed by atoms with Crippen molar-refractivity contribution in [3.8, 4) is 0 Å². The highest BCUT2D eigenvalue weighted by Crippen LogP contribution is 2.51. The van der Waals surface area contributed by atoms with Gasteiger partial charge in [-0.1, -0.05) is 60.5 Å². The molecular formula is C26H30ClNO. The predicted molar refractivity (Wildman–Crippen MR) is 118 cm³/mol. The molecule has 3 aliphatic rings. The molecule has 0 aromatic heterocycles. The zero-order valence-corrected chi connectivity index (χ0v) is 17.7. The maximum absolute atomic E-state index is 13.1. The minimum atomic E-state index is 0.219. The van der Waals surface area contributed by atoms with Crippen molar-refractivity contribution in [2.24, 2.45) is 23.7 Å². The molecule has 5 rings (SSSR count). The van der Waals surface area contributed by atoms with Crippen molar-refractivity contribution in [1.82, 2.24) is 4.90 Å². The minimum Gasteiger partial charge on any atom is -0.299 e. The highest BCUT2D eigenvalue weighted by Gasteiger charge is 2.51. The molecule has 0 spiro atoms. The van der Waals surface area contributed by atoms with Crippen LogP contribution in [0.15, 0.2) is 54.6 Å². The molecule has 1 heterocycles. The Morgan fingerprint density at radius 1 is 0.931 bits per heavy atom. The van der Waals surface area contributed by atoms with Gasteiger partial charge in [0.05, 0.1) is 0 Å². The first-order chi connectivity index (χ1) is 14.2. The monoisotopic (exact) mass is 407 g/mol. The van der Waals surface area contributed by atoms with Crippen molar-refractivity contribution in [3.05, 3.63) is 70.7 Å². The Labute approximate surface area is 179 Å². The zero-order valence-electron chi connectivity index (χ0n) is 17.0. The van der Waals surface area contributed by atoms with Gasteiger partial charge in [0, 0.05) is 29.9 Å². The van der Waals surface area contributed by atoms with Crippen LogP contribution in [-0.2, 0) is 17.8 Å². The molecule has 0 bridgehead atoms. The van der Waals surface area contributed by atoms with Gasteiger partial charge in [0.15, 0.2) is 0 Å². The lowest BCUT2D eigenvalue weighted by Gasteiger charge is -2.55. The Hall–Kier alpha value is -1.64. The summed E-state index contributed by atoms with van der Waals surface area (Å²) in [5, 5.41) is 0.805. The number of carbonyl (C=O) groups is 1. The third-order valence-corrected chi connectivity index (χ3v) is 8.02. The van der Waals surface area contributed by atoms with Crippen LogP contribution in [0.5, 0.6) is 0 Å². The Morgan fingerprint density at radius 2 is 1.72 bits per heavy atom. The van der Waals surface area contributed by atoms with Gasteiger partial charge in [-0.2, -0.15) is 0 Å². The van der Waals surface area contributed by atoms with Gasteiger partial charge in [0.25, 0.3) is 0 Å². The molecule has 2 aromatic rings. The molecule has 1 aliphatic heterocycles. The molecule has 3 fully saturated rings. The average Bonchev–Trinajstić information content (AvgIpc) is 2.75. The van der Waals surface area contributed by atoms with Crippen molar-refractivity contribution in [2.75, 3.05) is 6.54 Å². The van der Waals surface area contributed by atoms with E-state index in [4.69, 9.17) is 11.6 Å². The summed E-state index contributed by atoms with van der Waals surface area (Å²) in [6.07, 6.45) is 6.69. The average molecular weight is 408 g/mol. The first-order valence-electron chi connectivity index (χ1n) is 11.2. The van der Waals surface area contributed by atoms with Gasteiger partial charge in [-0.25, -0.2) is 0 Å². The predicted octanol–water partition coefficient (Wildman–Crippen LogP) is 5.78. The smallest absolute Gasteiger partial charge is 0.136 e. The standard InChI is InChI=1S/C26H30ClNO/c27-21-11-9-19(10-12-21)17-28-14-13-20-16-25(29)23(15-18-5-2-1-3-6-18)22-7-4-8-24(28)26(20)22/h1-3,5-6,9-12,20,22-24,26H,4,7-8,13-17H2/t20-,22+,23+,24+,26+/m1/s1. The minimum absolute atomic E-state index is 0.219. The van der Waals surface area contributed by atoms with E-state index in [0.717, 1.165) is 31.0 Å². The number of rotatable bonds is 4. The summed E-state index contributed by atoms with van der Waals surface area (Å²) in [5.74, 6) is 2.61. The highest BCUT2D eigenvalue weighted by molar-refractivity contribution is 6.30. The zero-order chi connectivity index (χ0) is 19.8. The van der Waals surface area contributed by atoms with Crippen LogP contribution < -0.4 is 0 Å². The first kappa shape index (κ1) is 19.3. The van der Waals surface area contributed by atoms with Crippen molar-refractivity contribution in [1.29, 1.82) is 0 Å². The summed E-state index contributed by atoms with van der Waals surface area (Å²) in [6.45, 7) is 2.13. The van der Waals surface area contributed by atoms with Crippen molar-refractivity contribution < 1.29 is 4.79 Å². The van der Waals surface area contributed by atoms with Crippen LogP contribution in [-0.4, -0.2) is 23.3 Å². The highest BCUT2D eigenvalue weighted by atomic mass is 35.5. The lowest BCUT2D eigenvalue weighted by atomic mass is 9.55. The van der Waals surface area contributed by atoms with Crippen molar-refractivity contribution in [3.63, 3.8) is 0 Å². The van der Waals surface area contributed by atoms with Crippen LogP contribution >= 0.6 is 11.6 Å². The number of ketones is 1. The van der Waals surface area contributed by atoms with Gasteiger partial charge in [0.2, 0.25) is 0 Å². The van der Waals surface area contributed by atoms with Crippen LogP contribution in [0.1, 0.15) is 43.2 Å². The van der Waals surface area contributed by atoms with E-state index in [9.17, 15) is 4.79 Å². The van der Waals surface area contributed by atoms with Gasteiger partial charge in [0.1, 0.15) is 5.78 Å². The van der Waals surface area contributed by atoms with Crippen molar-refractivity contribution in [2.45, 2.75) is 51.1 Å². The fraction of sp³-hybridized carbons (Fsp3) is 0.500. The maximum Gasteiger partial charge on any atom is 0.136 e. The van der Waals surface area contributed by atoms with Crippen LogP contribution in [0, 0.1) is 23.7 Å². The number of Topliss-reactive ketones (excluding diaryl/α,β-unsaturated/α-hetero) is 1. The number of halogens is 1. The summed E-state index contributed by atoms with van der Waals surface area (Å²) in [4.78, 5) is 15.8. The van der Waals surface area contributed by atoms with E-state index in [1.165, 1.54) is 36.8 Å². The second-order valence-corrected chi connectivity index (χ2v) is 9.79.